The number of pyridine rings is 1. The molecule has 0 amide bonds. The van der Waals surface area contributed by atoms with Crippen LogP contribution in [0.4, 0.5) is 0 Å². The Kier molecular flexibility index (Phi) is 5.50. The highest BCUT2D eigenvalue weighted by atomic mass is 15.0. The molecule has 240 valence electrons. The number of rotatable bonds is 3. The predicted molar refractivity (Wildman–Crippen MR) is 218 cm³/mol. The number of hydrogen-bond donors (Lipinski definition) is 0. The van der Waals surface area contributed by atoms with Crippen molar-refractivity contribution in [1.82, 2.24) is 14.1 Å². The molecular weight excluding hydrogens is 631 g/mol. The lowest BCUT2D eigenvalue weighted by molar-refractivity contribution is 1.18. The SMILES string of the molecule is c1ccc(-n2c3ccccc3c3cc(-c4ccc5c(c4)c4cc6ccccc6cc4n5-c4ccc5c(c4)-c4ccnc6cccc-5c46)ccc32)cc1. The number of aromatic nitrogens is 3. The van der Waals surface area contributed by atoms with Crippen LogP contribution >= 0.6 is 0 Å². The lowest BCUT2D eigenvalue weighted by atomic mass is 10.00. The van der Waals surface area contributed by atoms with E-state index < -0.39 is 0 Å². The van der Waals surface area contributed by atoms with Gasteiger partial charge in [0.1, 0.15) is 0 Å². The molecule has 1 aliphatic rings. The first-order chi connectivity index (χ1) is 25.8. The first kappa shape index (κ1) is 27.8. The van der Waals surface area contributed by atoms with Crippen molar-refractivity contribution in [3.63, 3.8) is 0 Å². The first-order valence-electron chi connectivity index (χ1n) is 17.9. The molecule has 3 nitrogen and oxygen atoms in total. The summed E-state index contributed by atoms with van der Waals surface area (Å²) in [5.74, 6) is 0. The molecule has 3 aromatic heterocycles. The fourth-order valence-corrected chi connectivity index (χ4v) is 8.96. The maximum Gasteiger partial charge on any atom is 0.0714 e. The van der Waals surface area contributed by atoms with Gasteiger partial charge in [0.2, 0.25) is 0 Å². The van der Waals surface area contributed by atoms with Gasteiger partial charge < -0.3 is 9.13 Å². The van der Waals surface area contributed by atoms with E-state index in [4.69, 9.17) is 0 Å². The summed E-state index contributed by atoms with van der Waals surface area (Å²) in [7, 11) is 0. The number of benzene rings is 8. The van der Waals surface area contributed by atoms with Gasteiger partial charge in [0.15, 0.2) is 0 Å². The van der Waals surface area contributed by atoms with Crippen molar-refractivity contribution in [3.05, 3.63) is 176 Å². The standard InChI is InChI=1S/C49H29N3/c1-2-11-34(12-3-1)51-45-16-7-6-13-37(45)41-26-32(17-21-46(41)51)33-18-22-47-42(27-33)43-25-30-9-4-5-10-31(30)28-48(43)52(47)35-19-20-36-38-14-8-15-44-49(38)39(23-24-50-44)40(36)29-35/h1-29H. The van der Waals surface area contributed by atoms with Crippen LogP contribution in [0.2, 0.25) is 0 Å². The van der Waals surface area contributed by atoms with E-state index in [1.54, 1.807) is 0 Å². The van der Waals surface area contributed by atoms with Gasteiger partial charge in [0.25, 0.3) is 0 Å². The molecule has 0 spiro atoms. The Morgan fingerprint density at radius 3 is 1.83 bits per heavy atom. The number of para-hydroxylation sites is 2. The Bertz CT molecular complexity index is 3280. The van der Waals surface area contributed by atoms with Crippen LogP contribution in [0.1, 0.15) is 0 Å². The summed E-state index contributed by atoms with van der Waals surface area (Å²) in [6.45, 7) is 0. The van der Waals surface area contributed by atoms with Crippen molar-refractivity contribution in [2.45, 2.75) is 0 Å². The zero-order valence-corrected chi connectivity index (χ0v) is 28.1. The van der Waals surface area contributed by atoms with Gasteiger partial charge in [-0.25, -0.2) is 0 Å². The monoisotopic (exact) mass is 659 g/mol. The minimum absolute atomic E-state index is 1.05. The van der Waals surface area contributed by atoms with E-state index in [-0.39, 0.29) is 0 Å². The highest BCUT2D eigenvalue weighted by Gasteiger charge is 2.23. The van der Waals surface area contributed by atoms with Crippen LogP contribution < -0.4 is 0 Å². The van der Waals surface area contributed by atoms with E-state index in [0.717, 1.165) is 11.2 Å². The third-order valence-corrected chi connectivity index (χ3v) is 11.3. The maximum absolute atomic E-state index is 4.68. The van der Waals surface area contributed by atoms with Crippen molar-refractivity contribution in [2.75, 3.05) is 0 Å². The number of nitrogens with zero attached hydrogens (tertiary/aromatic N) is 3. The lowest BCUT2D eigenvalue weighted by Crippen LogP contribution is -1.95. The highest BCUT2D eigenvalue weighted by Crippen LogP contribution is 2.48. The van der Waals surface area contributed by atoms with E-state index in [9.17, 15) is 0 Å². The second-order valence-electron chi connectivity index (χ2n) is 14.0. The zero-order valence-electron chi connectivity index (χ0n) is 28.1. The third kappa shape index (κ3) is 3.77. The molecule has 12 rings (SSSR count). The molecule has 52 heavy (non-hydrogen) atoms. The topological polar surface area (TPSA) is 22.8 Å². The van der Waals surface area contributed by atoms with Gasteiger partial charge in [-0.1, -0.05) is 91.0 Å². The summed E-state index contributed by atoms with van der Waals surface area (Å²) < 4.78 is 4.83. The maximum atomic E-state index is 4.68. The van der Waals surface area contributed by atoms with Crippen molar-refractivity contribution < 1.29 is 0 Å². The Labute approximate surface area is 299 Å². The molecule has 0 N–H and O–H groups in total. The summed E-state index contributed by atoms with van der Waals surface area (Å²) in [6, 6.07) is 62.4. The smallest absolute Gasteiger partial charge is 0.0714 e. The molecule has 0 fully saturated rings. The Balaban J connectivity index is 1.09. The average Bonchev–Trinajstić information content (AvgIpc) is 3.83. The zero-order chi connectivity index (χ0) is 33.9. The van der Waals surface area contributed by atoms with Crippen molar-refractivity contribution in [1.29, 1.82) is 0 Å². The summed E-state index contributed by atoms with van der Waals surface area (Å²) >= 11 is 0. The van der Waals surface area contributed by atoms with Gasteiger partial charge in [-0.05, 0) is 123 Å². The quantitative estimate of drug-likeness (QED) is 0.185. The molecule has 11 aromatic rings. The van der Waals surface area contributed by atoms with Crippen LogP contribution in [0, 0.1) is 0 Å². The van der Waals surface area contributed by atoms with Crippen LogP contribution in [0.5, 0.6) is 0 Å². The highest BCUT2D eigenvalue weighted by molar-refractivity contribution is 6.17. The van der Waals surface area contributed by atoms with Crippen LogP contribution in [-0.4, -0.2) is 14.1 Å². The first-order valence-corrected chi connectivity index (χ1v) is 17.9. The van der Waals surface area contributed by atoms with Gasteiger partial charge in [-0.2, -0.15) is 0 Å². The summed E-state index contributed by atoms with van der Waals surface area (Å²) in [4.78, 5) is 4.68. The van der Waals surface area contributed by atoms with Gasteiger partial charge in [-0.15, -0.1) is 0 Å². The van der Waals surface area contributed by atoms with E-state index in [1.807, 2.05) is 6.20 Å². The molecule has 0 bridgehead atoms. The largest absolute Gasteiger partial charge is 0.309 e. The van der Waals surface area contributed by atoms with Crippen LogP contribution in [-0.2, 0) is 0 Å². The van der Waals surface area contributed by atoms with Gasteiger partial charge >= 0.3 is 0 Å². The average molecular weight is 660 g/mol. The molecule has 3 heterocycles. The van der Waals surface area contributed by atoms with Gasteiger partial charge in [0.05, 0.1) is 27.6 Å². The molecule has 0 atom stereocenters. The number of fused-ring (bicyclic) bond motifs is 10. The molecule has 0 radical (unpaired) electrons. The van der Waals surface area contributed by atoms with Gasteiger partial charge in [-0.3, -0.25) is 4.98 Å². The van der Waals surface area contributed by atoms with Crippen LogP contribution in [0.3, 0.4) is 0 Å². The normalized spacial score (nSPS) is 12.2. The lowest BCUT2D eigenvalue weighted by Gasteiger charge is -2.12. The Morgan fingerprint density at radius 2 is 1.00 bits per heavy atom. The van der Waals surface area contributed by atoms with Crippen LogP contribution in [0.15, 0.2) is 176 Å². The fraction of sp³-hybridized carbons (Fsp3) is 0. The molecule has 3 heteroatoms. The second kappa shape index (κ2) is 10.3. The van der Waals surface area contributed by atoms with E-state index >= 15 is 0 Å². The summed E-state index contributed by atoms with van der Waals surface area (Å²) in [5, 5.41) is 8.76. The van der Waals surface area contributed by atoms with Crippen LogP contribution in [0.25, 0.3) is 110 Å². The van der Waals surface area contributed by atoms with E-state index in [0.29, 0.717) is 0 Å². The van der Waals surface area contributed by atoms with E-state index in [1.165, 1.54) is 98.8 Å². The minimum Gasteiger partial charge on any atom is -0.309 e. The Morgan fingerprint density at radius 1 is 0.346 bits per heavy atom. The second-order valence-corrected chi connectivity index (χ2v) is 14.0. The molecular formula is C49H29N3. The van der Waals surface area contributed by atoms with Crippen molar-refractivity contribution in [2.24, 2.45) is 0 Å². The predicted octanol–water partition coefficient (Wildman–Crippen LogP) is 12.9. The minimum atomic E-state index is 1.05. The molecule has 0 saturated heterocycles. The molecule has 0 unspecified atom stereocenters. The summed E-state index contributed by atoms with van der Waals surface area (Å²) in [6.07, 6.45) is 1.94. The van der Waals surface area contributed by atoms with Crippen molar-refractivity contribution in [3.8, 4) is 44.8 Å². The molecule has 1 aliphatic carbocycles. The molecule has 0 saturated carbocycles. The van der Waals surface area contributed by atoms with E-state index in [2.05, 4.69) is 184 Å². The van der Waals surface area contributed by atoms with Crippen molar-refractivity contribution >= 4 is 65.3 Å². The fourth-order valence-electron chi connectivity index (χ4n) is 8.96. The molecule has 0 aliphatic heterocycles. The summed E-state index contributed by atoms with van der Waals surface area (Å²) in [5.41, 5.74) is 15.7. The molecule has 8 aromatic carbocycles. The third-order valence-electron chi connectivity index (χ3n) is 11.3. The van der Waals surface area contributed by atoms with Gasteiger partial charge in [0, 0.05) is 44.5 Å². The number of hydrogen-bond acceptors (Lipinski definition) is 1. The Hall–Kier alpha value is -6.97.